The number of hydrazine groups is 1. The summed E-state index contributed by atoms with van der Waals surface area (Å²) in [5, 5.41) is 2.72. The van der Waals surface area contributed by atoms with E-state index >= 15 is 0 Å². The van der Waals surface area contributed by atoms with Gasteiger partial charge < -0.3 is 11.1 Å². The topological polar surface area (TPSA) is 96.2 Å². The highest BCUT2D eigenvalue weighted by Gasteiger charge is 2.11. The summed E-state index contributed by atoms with van der Waals surface area (Å²) in [7, 11) is 0. The van der Waals surface area contributed by atoms with Gasteiger partial charge in [0, 0.05) is 6.54 Å². The van der Waals surface area contributed by atoms with Crippen LogP contribution in [0.15, 0.2) is 54.6 Å². The van der Waals surface area contributed by atoms with Crippen LogP contribution < -0.4 is 21.9 Å². The van der Waals surface area contributed by atoms with Gasteiger partial charge in [0.15, 0.2) is 0 Å². The summed E-state index contributed by atoms with van der Waals surface area (Å²) < 4.78 is 0. The lowest BCUT2D eigenvalue weighted by atomic mass is 10.00. The van der Waals surface area contributed by atoms with Crippen molar-refractivity contribution in [3.8, 4) is 11.1 Å². The fourth-order valence-electron chi connectivity index (χ4n) is 2.19. The van der Waals surface area contributed by atoms with Gasteiger partial charge in [-0.2, -0.15) is 0 Å². The van der Waals surface area contributed by atoms with Gasteiger partial charge in [-0.25, -0.2) is 10.2 Å². The van der Waals surface area contributed by atoms with E-state index in [9.17, 15) is 9.59 Å². The van der Waals surface area contributed by atoms with Crippen molar-refractivity contribution in [2.24, 2.45) is 5.73 Å². The minimum Gasteiger partial charge on any atom is -0.333 e. The molecule has 0 saturated carbocycles. The van der Waals surface area contributed by atoms with Crippen molar-refractivity contribution in [2.75, 3.05) is 0 Å². The summed E-state index contributed by atoms with van der Waals surface area (Å²) in [4.78, 5) is 23.3. The average Bonchev–Trinajstić information content (AvgIpc) is 2.64. The Bertz CT molecular complexity index is 688. The predicted molar refractivity (Wildman–Crippen MR) is 93.7 cm³/mol. The molecule has 1 atom stereocenters. The maximum absolute atomic E-state index is 11.8. The van der Waals surface area contributed by atoms with Crippen LogP contribution in [0.3, 0.4) is 0 Å². The highest BCUT2D eigenvalue weighted by molar-refractivity contribution is 5.84. The molecule has 24 heavy (non-hydrogen) atoms. The van der Waals surface area contributed by atoms with E-state index in [1.807, 2.05) is 54.6 Å². The summed E-state index contributed by atoms with van der Waals surface area (Å²) in [6.07, 6.45) is 0.500. The Morgan fingerprint density at radius 3 is 2.38 bits per heavy atom. The van der Waals surface area contributed by atoms with Crippen LogP contribution in [0.1, 0.15) is 18.9 Å². The van der Waals surface area contributed by atoms with Gasteiger partial charge in [-0.15, -0.1) is 0 Å². The van der Waals surface area contributed by atoms with Crippen LogP contribution in [0.5, 0.6) is 0 Å². The van der Waals surface area contributed by atoms with Crippen LogP contribution >= 0.6 is 0 Å². The maximum Gasteiger partial charge on any atom is 0.333 e. The number of amides is 3. The largest absolute Gasteiger partial charge is 0.333 e. The number of hydrogen-bond donors (Lipinski definition) is 4. The molecule has 2 aromatic carbocycles. The van der Waals surface area contributed by atoms with Crippen LogP contribution in [-0.4, -0.2) is 18.0 Å². The minimum absolute atomic E-state index is 0.340. The molecule has 126 valence electrons. The SMILES string of the molecule is CC[C@@H](N)C(=O)NNC(=O)NCc1ccccc1-c1ccccc1. The second kappa shape index (κ2) is 8.69. The van der Waals surface area contributed by atoms with E-state index in [0.717, 1.165) is 16.7 Å². The zero-order chi connectivity index (χ0) is 17.4. The lowest BCUT2D eigenvalue weighted by Gasteiger charge is -2.13. The van der Waals surface area contributed by atoms with Crippen molar-refractivity contribution in [1.29, 1.82) is 0 Å². The van der Waals surface area contributed by atoms with Gasteiger partial charge in [0.2, 0.25) is 0 Å². The van der Waals surface area contributed by atoms with Gasteiger partial charge in [-0.1, -0.05) is 61.5 Å². The van der Waals surface area contributed by atoms with Gasteiger partial charge in [0.25, 0.3) is 5.91 Å². The number of nitrogens with one attached hydrogen (secondary N) is 3. The van der Waals surface area contributed by atoms with Crippen molar-refractivity contribution in [1.82, 2.24) is 16.2 Å². The van der Waals surface area contributed by atoms with E-state index in [0.29, 0.717) is 13.0 Å². The third kappa shape index (κ3) is 4.82. The van der Waals surface area contributed by atoms with Crippen molar-refractivity contribution in [3.05, 3.63) is 60.2 Å². The Labute approximate surface area is 141 Å². The highest BCUT2D eigenvalue weighted by atomic mass is 16.2. The number of hydrogen-bond acceptors (Lipinski definition) is 3. The second-order valence-corrected chi connectivity index (χ2v) is 5.33. The Morgan fingerprint density at radius 2 is 1.67 bits per heavy atom. The van der Waals surface area contributed by atoms with E-state index in [4.69, 9.17) is 5.73 Å². The van der Waals surface area contributed by atoms with Crippen molar-refractivity contribution < 1.29 is 9.59 Å². The zero-order valence-electron chi connectivity index (χ0n) is 13.6. The fourth-order valence-corrected chi connectivity index (χ4v) is 2.19. The molecule has 6 heteroatoms. The molecule has 3 amide bonds. The first-order valence-corrected chi connectivity index (χ1v) is 7.84. The lowest BCUT2D eigenvalue weighted by Crippen LogP contribution is -2.51. The smallest absolute Gasteiger partial charge is 0.333 e. The molecule has 0 heterocycles. The molecule has 0 radical (unpaired) electrons. The Morgan fingerprint density at radius 1 is 1.00 bits per heavy atom. The normalized spacial score (nSPS) is 11.4. The van der Waals surface area contributed by atoms with E-state index in [1.165, 1.54) is 0 Å². The number of nitrogens with two attached hydrogens (primary N) is 1. The molecule has 2 rings (SSSR count). The van der Waals surface area contributed by atoms with Crippen LogP contribution in [0.25, 0.3) is 11.1 Å². The van der Waals surface area contributed by atoms with Gasteiger partial charge in [-0.3, -0.25) is 10.2 Å². The minimum atomic E-state index is -0.635. The predicted octanol–water partition coefficient (Wildman–Crippen LogP) is 1.92. The molecule has 6 nitrogen and oxygen atoms in total. The molecular weight excluding hydrogens is 304 g/mol. The second-order valence-electron chi connectivity index (χ2n) is 5.33. The molecular formula is C18H22N4O2. The standard InChI is InChI=1S/C18H22N4O2/c1-2-16(19)17(23)21-22-18(24)20-12-14-10-6-7-11-15(14)13-8-4-3-5-9-13/h3-11,16H,2,12,19H2,1H3,(H,21,23)(H2,20,22,24)/t16-/m1/s1. The lowest BCUT2D eigenvalue weighted by molar-refractivity contribution is -0.123. The van der Waals surface area contributed by atoms with Gasteiger partial charge in [0.1, 0.15) is 0 Å². The van der Waals surface area contributed by atoms with Gasteiger partial charge >= 0.3 is 6.03 Å². The molecule has 0 saturated heterocycles. The van der Waals surface area contributed by atoms with Crippen LogP contribution in [-0.2, 0) is 11.3 Å². The highest BCUT2D eigenvalue weighted by Crippen LogP contribution is 2.23. The summed E-state index contributed by atoms with van der Waals surface area (Å²) >= 11 is 0. The molecule has 0 bridgehead atoms. The molecule has 0 fully saturated rings. The third-order valence-corrected chi connectivity index (χ3v) is 3.62. The number of urea groups is 1. The molecule has 0 aromatic heterocycles. The molecule has 2 aromatic rings. The van der Waals surface area contributed by atoms with E-state index < -0.39 is 18.0 Å². The fraction of sp³-hybridized carbons (Fsp3) is 0.222. The number of carbonyl (C=O) groups excluding carboxylic acids is 2. The molecule has 0 spiro atoms. The summed E-state index contributed by atoms with van der Waals surface area (Å²) in [5.41, 5.74) is 13.3. The van der Waals surface area contributed by atoms with Crippen LogP contribution in [0.4, 0.5) is 4.79 Å². The first-order valence-electron chi connectivity index (χ1n) is 7.84. The Kier molecular flexibility index (Phi) is 6.33. The number of benzene rings is 2. The van der Waals surface area contributed by atoms with Crippen molar-refractivity contribution in [2.45, 2.75) is 25.9 Å². The zero-order valence-corrected chi connectivity index (χ0v) is 13.6. The third-order valence-electron chi connectivity index (χ3n) is 3.62. The van der Waals surface area contributed by atoms with E-state index in [1.54, 1.807) is 6.92 Å². The van der Waals surface area contributed by atoms with Crippen molar-refractivity contribution >= 4 is 11.9 Å². The average molecular weight is 326 g/mol. The number of carbonyl (C=O) groups is 2. The van der Waals surface area contributed by atoms with Crippen LogP contribution in [0.2, 0.25) is 0 Å². The molecule has 0 aliphatic heterocycles. The maximum atomic E-state index is 11.8. The van der Waals surface area contributed by atoms with Crippen LogP contribution in [0, 0.1) is 0 Å². The number of rotatable bonds is 5. The van der Waals surface area contributed by atoms with Gasteiger partial charge in [0.05, 0.1) is 6.04 Å². The molecule has 5 N–H and O–H groups in total. The first-order chi connectivity index (χ1) is 11.6. The Hall–Kier alpha value is -2.86. The first kappa shape index (κ1) is 17.5. The van der Waals surface area contributed by atoms with Gasteiger partial charge in [-0.05, 0) is 23.1 Å². The van der Waals surface area contributed by atoms with E-state index in [2.05, 4.69) is 16.2 Å². The monoisotopic (exact) mass is 326 g/mol. The quantitative estimate of drug-likeness (QED) is 0.632. The summed E-state index contributed by atoms with van der Waals surface area (Å²) in [6, 6.07) is 16.6. The Balaban J connectivity index is 1.93. The summed E-state index contributed by atoms with van der Waals surface area (Å²) in [5.74, 6) is -0.419. The molecule has 0 aliphatic rings. The van der Waals surface area contributed by atoms with E-state index in [-0.39, 0.29) is 0 Å². The van der Waals surface area contributed by atoms with Crippen molar-refractivity contribution in [3.63, 3.8) is 0 Å². The molecule has 0 unspecified atom stereocenters. The molecule has 0 aliphatic carbocycles. The summed E-state index contributed by atoms with van der Waals surface area (Å²) in [6.45, 7) is 2.14.